The van der Waals surface area contributed by atoms with E-state index in [-0.39, 0.29) is 12.5 Å². The number of hydrogen-bond donors (Lipinski definition) is 1. The second-order valence-corrected chi connectivity index (χ2v) is 4.23. The van der Waals surface area contributed by atoms with Crippen molar-refractivity contribution in [3.05, 3.63) is 35.9 Å². The molecule has 0 unspecified atom stereocenters. The molecule has 0 fully saturated rings. The highest BCUT2D eigenvalue weighted by atomic mass is 16.5. The summed E-state index contributed by atoms with van der Waals surface area (Å²) in [5.74, 6) is 0.678. The van der Waals surface area contributed by atoms with Crippen LogP contribution in [0.1, 0.15) is 12.5 Å². The van der Waals surface area contributed by atoms with Crippen LogP contribution in [0, 0.1) is 0 Å². The van der Waals surface area contributed by atoms with Crippen molar-refractivity contribution >= 4 is 11.6 Å². The number of benzene rings is 1. The van der Waals surface area contributed by atoms with Crippen molar-refractivity contribution in [2.75, 3.05) is 18.1 Å². The minimum atomic E-state index is -0.0466. The number of anilines is 1. The minimum absolute atomic E-state index is 0.0466. The standard InChI is InChI=1S/C13H16N2O2/c1-9(2)7-15-11-5-10(6-14)3-4-12(11)17-8-13(15)16/h3-5H,1,6-8,14H2,2H3. The maximum absolute atomic E-state index is 11.8. The predicted molar refractivity (Wildman–Crippen MR) is 67.0 cm³/mol. The van der Waals surface area contributed by atoms with Crippen LogP contribution in [0.15, 0.2) is 30.4 Å². The van der Waals surface area contributed by atoms with E-state index in [1.807, 2.05) is 25.1 Å². The molecule has 1 aliphatic heterocycles. The van der Waals surface area contributed by atoms with Crippen LogP contribution in [0.25, 0.3) is 0 Å². The fourth-order valence-electron chi connectivity index (χ4n) is 1.82. The smallest absolute Gasteiger partial charge is 0.265 e. The Morgan fingerprint density at radius 1 is 1.59 bits per heavy atom. The highest BCUT2D eigenvalue weighted by Crippen LogP contribution is 2.33. The van der Waals surface area contributed by atoms with Gasteiger partial charge in [-0.3, -0.25) is 4.79 Å². The highest BCUT2D eigenvalue weighted by molar-refractivity contribution is 5.98. The molecule has 1 aromatic rings. The fourth-order valence-corrected chi connectivity index (χ4v) is 1.82. The Kier molecular flexibility index (Phi) is 3.15. The number of ether oxygens (including phenoxy) is 1. The van der Waals surface area contributed by atoms with E-state index < -0.39 is 0 Å². The van der Waals surface area contributed by atoms with Gasteiger partial charge in [-0.25, -0.2) is 0 Å². The maximum atomic E-state index is 11.8. The molecule has 4 nitrogen and oxygen atoms in total. The van der Waals surface area contributed by atoms with Gasteiger partial charge >= 0.3 is 0 Å². The van der Waals surface area contributed by atoms with E-state index >= 15 is 0 Å². The van der Waals surface area contributed by atoms with Gasteiger partial charge in [-0.2, -0.15) is 0 Å². The number of hydrogen-bond acceptors (Lipinski definition) is 3. The average molecular weight is 232 g/mol. The first kappa shape index (κ1) is 11.7. The lowest BCUT2D eigenvalue weighted by Crippen LogP contribution is -2.39. The first-order chi connectivity index (χ1) is 8.11. The lowest BCUT2D eigenvalue weighted by molar-refractivity contribution is -0.121. The lowest BCUT2D eigenvalue weighted by Gasteiger charge is -2.29. The van der Waals surface area contributed by atoms with Gasteiger partial charge < -0.3 is 15.4 Å². The lowest BCUT2D eigenvalue weighted by atomic mass is 10.1. The van der Waals surface area contributed by atoms with Crippen LogP contribution in [0.4, 0.5) is 5.69 Å². The third kappa shape index (κ3) is 2.31. The minimum Gasteiger partial charge on any atom is -0.482 e. The quantitative estimate of drug-likeness (QED) is 0.802. The first-order valence-electron chi connectivity index (χ1n) is 5.52. The highest BCUT2D eigenvalue weighted by Gasteiger charge is 2.25. The molecule has 1 amide bonds. The van der Waals surface area contributed by atoms with Gasteiger partial charge in [-0.1, -0.05) is 18.2 Å². The Labute approximate surface area is 101 Å². The van der Waals surface area contributed by atoms with E-state index in [1.165, 1.54) is 0 Å². The molecule has 2 rings (SSSR count). The molecule has 0 spiro atoms. The van der Waals surface area contributed by atoms with E-state index in [2.05, 4.69) is 6.58 Å². The third-order valence-electron chi connectivity index (χ3n) is 2.63. The molecule has 1 aromatic carbocycles. The van der Waals surface area contributed by atoms with Crippen LogP contribution in [-0.2, 0) is 11.3 Å². The van der Waals surface area contributed by atoms with Gasteiger partial charge in [-0.15, -0.1) is 0 Å². The number of rotatable bonds is 3. The molecular weight excluding hydrogens is 216 g/mol. The molecule has 0 aliphatic carbocycles. The molecule has 0 bridgehead atoms. The van der Waals surface area contributed by atoms with Gasteiger partial charge in [0.25, 0.3) is 5.91 Å². The summed E-state index contributed by atoms with van der Waals surface area (Å²) in [7, 11) is 0. The van der Waals surface area contributed by atoms with Crippen LogP contribution < -0.4 is 15.4 Å². The topological polar surface area (TPSA) is 55.6 Å². The molecule has 90 valence electrons. The molecular formula is C13H16N2O2. The average Bonchev–Trinajstić information content (AvgIpc) is 2.32. The number of fused-ring (bicyclic) bond motifs is 1. The summed E-state index contributed by atoms with van der Waals surface area (Å²) >= 11 is 0. The molecule has 0 saturated heterocycles. The number of carbonyl (C=O) groups excluding carboxylic acids is 1. The monoisotopic (exact) mass is 232 g/mol. The van der Waals surface area contributed by atoms with Crippen molar-refractivity contribution < 1.29 is 9.53 Å². The van der Waals surface area contributed by atoms with Crippen LogP contribution in [0.5, 0.6) is 5.75 Å². The van der Waals surface area contributed by atoms with Crippen molar-refractivity contribution in [3.8, 4) is 5.75 Å². The molecule has 1 aliphatic rings. The number of nitrogens with zero attached hydrogens (tertiary/aromatic N) is 1. The van der Waals surface area contributed by atoms with Crippen LogP contribution in [0.3, 0.4) is 0 Å². The van der Waals surface area contributed by atoms with E-state index in [9.17, 15) is 4.79 Å². The zero-order valence-corrected chi connectivity index (χ0v) is 9.90. The van der Waals surface area contributed by atoms with Crippen LogP contribution in [0.2, 0.25) is 0 Å². The molecule has 0 atom stereocenters. The SMILES string of the molecule is C=C(C)CN1C(=O)COc2ccc(CN)cc21. The molecule has 0 radical (unpaired) electrons. The van der Waals surface area contributed by atoms with Gasteiger partial charge in [0.05, 0.1) is 5.69 Å². The first-order valence-corrected chi connectivity index (χ1v) is 5.52. The van der Waals surface area contributed by atoms with Gasteiger partial charge in [-0.05, 0) is 24.6 Å². The Morgan fingerprint density at radius 2 is 2.35 bits per heavy atom. The van der Waals surface area contributed by atoms with E-state index in [0.717, 1.165) is 22.6 Å². The van der Waals surface area contributed by atoms with Gasteiger partial charge in [0.2, 0.25) is 0 Å². The second kappa shape index (κ2) is 4.59. The summed E-state index contributed by atoms with van der Waals surface area (Å²) < 4.78 is 5.39. The summed E-state index contributed by atoms with van der Waals surface area (Å²) in [4.78, 5) is 13.5. The predicted octanol–water partition coefficient (Wildman–Crippen LogP) is 1.45. The third-order valence-corrected chi connectivity index (χ3v) is 2.63. The van der Waals surface area contributed by atoms with Gasteiger partial charge in [0.1, 0.15) is 5.75 Å². The Bertz CT molecular complexity index is 468. The molecule has 0 saturated carbocycles. The van der Waals surface area contributed by atoms with Crippen molar-refractivity contribution in [2.24, 2.45) is 5.73 Å². The molecule has 0 aromatic heterocycles. The zero-order valence-electron chi connectivity index (χ0n) is 9.90. The van der Waals surface area contributed by atoms with E-state index in [4.69, 9.17) is 10.5 Å². The summed E-state index contributed by atoms with van der Waals surface area (Å²) in [5, 5.41) is 0. The zero-order chi connectivity index (χ0) is 12.4. The maximum Gasteiger partial charge on any atom is 0.265 e. The number of amides is 1. The molecule has 1 heterocycles. The van der Waals surface area contributed by atoms with E-state index in [1.54, 1.807) is 4.90 Å². The van der Waals surface area contributed by atoms with Crippen LogP contribution in [-0.4, -0.2) is 19.1 Å². The second-order valence-electron chi connectivity index (χ2n) is 4.23. The Morgan fingerprint density at radius 3 is 3.00 bits per heavy atom. The summed E-state index contributed by atoms with van der Waals surface area (Å²) in [6, 6.07) is 5.66. The molecule has 17 heavy (non-hydrogen) atoms. The van der Waals surface area contributed by atoms with E-state index in [0.29, 0.717) is 13.1 Å². The normalized spacial score (nSPS) is 14.2. The fraction of sp³-hybridized carbons (Fsp3) is 0.308. The molecule has 2 N–H and O–H groups in total. The summed E-state index contributed by atoms with van der Waals surface area (Å²) in [6.45, 7) is 6.79. The Hall–Kier alpha value is -1.81. The van der Waals surface area contributed by atoms with Crippen molar-refractivity contribution in [1.29, 1.82) is 0 Å². The van der Waals surface area contributed by atoms with Gasteiger partial charge in [0.15, 0.2) is 6.61 Å². The summed E-state index contributed by atoms with van der Waals surface area (Å²) in [6.07, 6.45) is 0. The van der Waals surface area contributed by atoms with Crippen molar-refractivity contribution in [1.82, 2.24) is 0 Å². The Balaban J connectivity index is 2.41. The largest absolute Gasteiger partial charge is 0.482 e. The van der Waals surface area contributed by atoms with Crippen molar-refractivity contribution in [3.63, 3.8) is 0 Å². The van der Waals surface area contributed by atoms with Crippen LogP contribution >= 0.6 is 0 Å². The number of nitrogens with two attached hydrogens (primary N) is 1. The van der Waals surface area contributed by atoms with Crippen molar-refractivity contribution in [2.45, 2.75) is 13.5 Å². The molecule has 4 heteroatoms. The summed E-state index contributed by atoms with van der Waals surface area (Å²) in [5.41, 5.74) is 8.30. The number of carbonyl (C=O) groups is 1. The van der Waals surface area contributed by atoms with Gasteiger partial charge in [0, 0.05) is 13.1 Å².